The molecule has 16 heavy (non-hydrogen) atoms. The van der Waals surface area contributed by atoms with Crippen molar-refractivity contribution in [2.45, 2.75) is 33.2 Å². The SMILES string of the molecule is CC1=C(N=C=O)C(=O)CC(C)(C)C1N=C=O. The highest BCUT2D eigenvalue weighted by Crippen LogP contribution is 2.39. The van der Waals surface area contributed by atoms with E-state index in [0.717, 1.165) is 0 Å². The monoisotopic (exact) mass is 220 g/mol. The van der Waals surface area contributed by atoms with Crippen LogP contribution in [0.15, 0.2) is 21.3 Å². The summed E-state index contributed by atoms with van der Waals surface area (Å²) in [6.45, 7) is 5.31. The Morgan fingerprint density at radius 1 is 1.31 bits per heavy atom. The molecule has 0 saturated carbocycles. The Morgan fingerprint density at radius 3 is 2.44 bits per heavy atom. The summed E-state index contributed by atoms with van der Waals surface area (Å²) in [5, 5.41) is 0. The molecule has 1 aliphatic rings. The van der Waals surface area contributed by atoms with E-state index >= 15 is 0 Å². The molecule has 1 unspecified atom stereocenters. The third-order valence-electron chi connectivity index (χ3n) is 2.74. The van der Waals surface area contributed by atoms with E-state index in [0.29, 0.717) is 5.57 Å². The average Bonchev–Trinajstić information content (AvgIpc) is 2.18. The van der Waals surface area contributed by atoms with Crippen LogP contribution < -0.4 is 0 Å². The summed E-state index contributed by atoms with van der Waals surface area (Å²) in [6.07, 6.45) is 3.03. The summed E-state index contributed by atoms with van der Waals surface area (Å²) in [5.41, 5.74) is 0.131. The van der Waals surface area contributed by atoms with E-state index < -0.39 is 11.5 Å². The van der Waals surface area contributed by atoms with Crippen molar-refractivity contribution < 1.29 is 14.4 Å². The number of hydrogen-bond acceptors (Lipinski definition) is 5. The highest BCUT2D eigenvalue weighted by atomic mass is 16.1. The molecule has 0 N–H and O–H groups in total. The summed E-state index contributed by atoms with van der Waals surface area (Å²) in [5.74, 6) is -0.219. The molecular formula is C11H12N2O3. The number of aliphatic imine (C=N–C) groups is 2. The first-order valence-electron chi connectivity index (χ1n) is 4.83. The molecule has 0 spiro atoms. The van der Waals surface area contributed by atoms with Crippen LogP contribution in [-0.4, -0.2) is 24.0 Å². The highest BCUT2D eigenvalue weighted by Gasteiger charge is 2.40. The maximum absolute atomic E-state index is 11.7. The van der Waals surface area contributed by atoms with Crippen LogP contribution in [0.2, 0.25) is 0 Å². The molecular weight excluding hydrogens is 208 g/mol. The van der Waals surface area contributed by atoms with E-state index in [4.69, 9.17) is 0 Å². The van der Waals surface area contributed by atoms with Crippen LogP contribution in [0.4, 0.5) is 0 Å². The molecule has 0 radical (unpaired) electrons. The van der Waals surface area contributed by atoms with Crippen molar-refractivity contribution >= 4 is 17.9 Å². The van der Waals surface area contributed by atoms with Crippen molar-refractivity contribution in [2.75, 3.05) is 0 Å². The molecule has 1 aliphatic carbocycles. The molecule has 84 valence electrons. The summed E-state index contributed by atoms with van der Waals surface area (Å²) in [6, 6.07) is -0.463. The number of Topliss-reactive ketones (excluding diaryl/α,β-unsaturated/α-hetero) is 1. The number of hydrogen-bond donors (Lipinski definition) is 0. The van der Waals surface area contributed by atoms with Crippen LogP contribution in [-0.2, 0) is 14.4 Å². The van der Waals surface area contributed by atoms with Crippen molar-refractivity contribution in [3.63, 3.8) is 0 Å². The van der Waals surface area contributed by atoms with Gasteiger partial charge in [-0.25, -0.2) is 9.59 Å². The first kappa shape index (κ1) is 12.2. The summed E-state index contributed by atoms with van der Waals surface area (Å²) in [7, 11) is 0. The zero-order valence-electron chi connectivity index (χ0n) is 9.40. The van der Waals surface area contributed by atoms with Gasteiger partial charge in [0.1, 0.15) is 5.70 Å². The molecule has 0 aromatic carbocycles. The first-order chi connectivity index (χ1) is 7.44. The van der Waals surface area contributed by atoms with Gasteiger partial charge in [-0.05, 0) is 17.9 Å². The maximum atomic E-state index is 11.7. The molecule has 0 heterocycles. The lowest BCUT2D eigenvalue weighted by Crippen LogP contribution is -2.37. The lowest BCUT2D eigenvalue weighted by atomic mass is 9.72. The van der Waals surface area contributed by atoms with Crippen LogP contribution in [0.3, 0.4) is 0 Å². The molecule has 0 aromatic heterocycles. The zero-order chi connectivity index (χ0) is 12.3. The largest absolute Gasteiger partial charge is 0.292 e. The molecule has 0 aromatic rings. The second-order valence-corrected chi connectivity index (χ2v) is 4.45. The Bertz CT molecular complexity index is 450. The standard InChI is InChI=1S/C11H12N2O3/c1-7-9(12-5-14)8(16)4-11(2,3)10(7)13-6-15/h10H,4H2,1-3H3. The maximum Gasteiger partial charge on any atom is 0.240 e. The third kappa shape index (κ3) is 2.06. The third-order valence-corrected chi connectivity index (χ3v) is 2.74. The summed E-state index contributed by atoms with van der Waals surface area (Å²) in [4.78, 5) is 39.3. The van der Waals surface area contributed by atoms with Gasteiger partial charge >= 0.3 is 0 Å². The minimum Gasteiger partial charge on any atom is -0.292 e. The van der Waals surface area contributed by atoms with Gasteiger partial charge in [-0.3, -0.25) is 4.79 Å². The number of ketones is 1. The molecule has 5 nitrogen and oxygen atoms in total. The van der Waals surface area contributed by atoms with Crippen molar-refractivity contribution in [2.24, 2.45) is 15.4 Å². The van der Waals surface area contributed by atoms with Gasteiger partial charge in [-0.2, -0.15) is 9.98 Å². The van der Waals surface area contributed by atoms with Gasteiger partial charge in [0.05, 0.1) is 6.04 Å². The van der Waals surface area contributed by atoms with Gasteiger partial charge in [0.15, 0.2) is 5.78 Å². The molecule has 0 amide bonds. The first-order valence-corrected chi connectivity index (χ1v) is 4.83. The van der Waals surface area contributed by atoms with Crippen LogP contribution >= 0.6 is 0 Å². The number of rotatable bonds is 2. The fourth-order valence-electron chi connectivity index (χ4n) is 2.05. The predicted octanol–water partition coefficient (Wildman–Crippen LogP) is 1.30. The quantitative estimate of drug-likeness (QED) is 0.520. The van der Waals surface area contributed by atoms with Crippen LogP contribution in [0.25, 0.3) is 0 Å². The Labute approximate surface area is 93.0 Å². The number of carbonyl (C=O) groups is 1. The van der Waals surface area contributed by atoms with E-state index in [1.54, 1.807) is 6.92 Å². The van der Waals surface area contributed by atoms with Gasteiger partial charge in [-0.15, -0.1) is 0 Å². The Kier molecular flexibility index (Phi) is 3.33. The van der Waals surface area contributed by atoms with Gasteiger partial charge in [0.2, 0.25) is 12.2 Å². The van der Waals surface area contributed by atoms with Crippen LogP contribution in [0, 0.1) is 5.41 Å². The van der Waals surface area contributed by atoms with Crippen molar-refractivity contribution in [1.29, 1.82) is 0 Å². The van der Waals surface area contributed by atoms with Gasteiger partial charge in [-0.1, -0.05) is 13.8 Å². The summed E-state index contributed by atoms with van der Waals surface area (Å²) < 4.78 is 0. The van der Waals surface area contributed by atoms with Crippen molar-refractivity contribution in [1.82, 2.24) is 0 Å². The lowest BCUT2D eigenvalue weighted by Gasteiger charge is -2.34. The highest BCUT2D eigenvalue weighted by molar-refractivity contribution is 5.98. The molecule has 0 aliphatic heterocycles. The van der Waals surface area contributed by atoms with Gasteiger partial charge < -0.3 is 0 Å². The smallest absolute Gasteiger partial charge is 0.240 e. The van der Waals surface area contributed by atoms with Crippen LogP contribution in [0.5, 0.6) is 0 Å². The Hall–Kier alpha value is -1.83. The zero-order valence-corrected chi connectivity index (χ0v) is 9.40. The minimum atomic E-state index is -0.463. The normalized spacial score (nSPS) is 23.4. The fourth-order valence-corrected chi connectivity index (χ4v) is 2.05. The molecule has 1 rings (SSSR count). The van der Waals surface area contributed by atoms with Gasteiger partial charge in [0.25, 0.3) is 0 Å². The number of isocyanates is 2. The molecule has 5 heteroatoms. The number of allylic oxidation sites excluding steroid dienone is 1. The predicted molar refractivity (Wildman–Crippen MR) is 56.1 cm³/mol. The van der Waals surface area contributed by atoms with Crippen LogP contribution in [0.1, 0.15) is 27.2 Å². The molecule has 0 fully saturated rings. The Morgan fingerprint density at radius 2 is 1.94 bits per heavy atom. The Balaban J connectivity index is 3.38. The average molecular weight is 220 g/mol. The molecule has 0 saturated heterocycles. The summed E-state index contributed by atoms with van der Waals surface area (Å²) >= 11 is 0. The van der Waals surface area contributed by atoms with E-state index in [2.05, 4.69) is 9.98 Å². The van der Waals surface area contributed by atoms with E-state index in [1.807, 2.05) is 13.8 Å². The fraction of sp³-hybridized carbons (Fsp3) is 0.545. The number of nitrogens with zero attached hydrogens (tertiary/aromatic N) is 2. The van der Waals surface area contributed by atoms with Crippen molar-refractivity contribution in [3.05, 3.63) is 11.3 Å². The van der Waals surface area contributed by atoms with E-state index in [1.165, 1.54) is 12.2 Å². The lowest BCUT2D eigenvalue weighted by molar-refractivity contribution is -0.118. The van der Waals surface area contributed by atoms with E-state index in [9.17, 15) is 14.4 Å². The number of carbonyl (C=O) groups excluding carboxylic acids is 3. The molecule has 1 atom stereocenters. The second kappa shape index (κ2) is 4.35. The van der Waals surface area contributed by atoms with Gasteiger partial charge in [0, 0.05) is 6.42 Å². The second-order valence-electron chi connectivity index (χ2n) is 4.45. The minimum absolute atomic E-state index is 0.0679. The van der Waals surface area contributed by atoms with E-state index in [-0.39, 0.29) is 17.9 Å². The topological polar surface area (TPSA) is 75.9 Å². The molecule has 0 bridgehead atoms. The van der Waals surface area contributed by atoms with Crippen molar-refractivity contribution in [3.8, 4) is 0 Å².